The third-order valence-corrected chi connectivity index (χ3v) is 3.74. The number of hydrogen-bond donors (Lipinski definition) is 0. The van der Waals surface area contributed by atoms with Crippen molar-refractivity contribution in [2.75, 3.05) is 0 Å². The van der Waals surface area contributed by atoms with Crippen LogP contribution in [0.1, 0.15) is 32.6 Å². The lowest BCUT2D eigenvalue weighted by molar-refractivity contribution is 0.112. The van der Waals surface area contributed by atoms with Gasteiger partial charge in [-0.05, 0) is 46.7 Å². The molecule has 96 valence electrons. The number of aldehydes is 1. The first-order chi connectivity index (χ1) is 9.83. The highest BCUT2D eigenvalue weighted by atomic mass is 16.1. The molecule has 2 aromatic carbocycles. The number of benzene rings is 2. The van der Waals surface area contributed by atoms with Gasteiger partial charge in [0.15, 0.2) is 0 Å². The predicted molar refractivity (Wildman–Crippen MR) is 78.4 cm³/mol. The molecule has 2 aromatic rings. The summed E-state index contributed by atoms with van der Waals surface area (Å²) < 4.78 is 0. The molecule has 0 aromatic heterocycles. The molecule has 0 radical (unpaired) electrons. The molecule has 0 bridgehead atoms. The summed E-state index contributed by atoms with van der Waals surface area (Å²) in [6.45, 7) is 0. The van der Waals surface area contributed by atoms with Gasteiger partial charge in [0.05, 0.1) is 6.07 Å². The lowest BCUT2D eigenvalue weighted by Crippen LogP contribution is -1.94. The molecule has 0 atom stereocenters. The Bertz CT molecular complexity index is 750. The molecule has 0 saturated heterocycles. The number of carbonyl (C=O) groups is 1. The van der Waals surface area contributed by atoms with E-state index in [0.29, 0.717) is 5.56 Å². The topological polar surface area (TPSA) is 40.9 Å². The zero-order chi connectivity index (χ0) is 13.9. The quantitative estimate of drug-likeness (QED) is 0.580. The molecule has 0 amide bonds. The fourth-order valence-electron chi connectivity index (χ4n) is 2.79. The highest BCUT2D eigenvalue weighted by Crippen LogP contribution is 2.33. The van der Waals surface area contributed by atoms with Crippen LogP contribution in [0.4, 0.5) is 0 Å². The second-order valence-electron chi connectivity index (χ2n) is 4.88. The van der Waals surface area contributed by atoms with Crippen LogP contribution < -0.4 is 0 Å². The summed E-state index contributed by atoms with van der Waals surface area (Å²) in [5, 5.41) is 9.08. The number of nitrogens with zero attached hydrogens (tertiary/aromatic N) is 1. The number of nitriles is 1. The van der Waals surface area contributed by atoms with Gasteiger partial charge in [-0.15, -0.1) is 0 Å². The molecule has 0 heterocycles. The summed E-state index contributed by atoms with van der Waals surface area (Å²) in [4.78, 5) is 10.9. The van der Waals surface area contributed by atoms with Gasteiger partial charge < -0.3 is 0 Å². The van der Waals surface area contributed by atoms with Crippen LogP contribution in [0, 0.1) is 11.3 Å². The summed E-state index contributed by atoms with van der Waals surface area (Å²) in [7, 11) is 0. The van der Waals surface area contributed by atoms with Gasteiger partial charge >= 0.3 is 0 Å². The van der Waals surface area contributed by atoms with Gasteiger partial charge in [-0.1, -0.05) is 36.4 Å². The summed E-state index contributed by atoms with van der Waals surface area (Å²) in [5.41, 5.74) is 6.19. The molecule has 0 spiro atoms. The Balaban J connectivity index is 2.26. The summed E-state index contributed by atoms with van der Waals surface area (Å²) >= 11 is 0. The molecule has 20 heavy (non-hydrogen) atoms. The van der Waals surface area contributed by atoms with Crippen molar-refractivity contribution in [2.24, 2.45) is 0 Å². The number of allylic oxidation sites excluding steroid dienone is 1. The number of rotatable bonds is 1. The minimum atomic E-state index is 0.686. The molecule has 2 heteroatoms. The van der Waals surface area contributed by atoms with Crippen molar-refractivity contribution in [1.82, 2.24) is 0 Å². The first-order valence-electron chi connectivity index (χ1n) is 6.60. The van der Waals surface area contributed by atoms with Crippen molar-refractivity contribution in [3.63, 3.8) is 0 Å². The maximum atomic E-state index is 10.9. The monoisotopic (exact) mass is 259 g/mol. The SMILES string of the molecule is N#CC=C1c2ccccc2CCc2cc(C=O)ccc21. The largest absolute Gasteiger partial charge is 0.298 e. The van der Waals surface area contributed by atoms with E-state index >= 15 is 0 Å². The Morgan fingerprint density at radius 1 is 1.00 bits per heavy atom. The summed E-state index contributed by atoms with van der Waals surface area (Å²) in [5.74, 6) is 0. The third-order valence-electron chi connectivity index (χ3n) is 3.74. The number of fused-ring (bicyclic) bond motifs is 2. The van der Waals surface area contributed by atoms with E-state index in [9.17, 15) is 4.79 Å². The van der Waals surface area contributed by atoms with E-state index in [4.69, 9.17) is 5.26 Å². The Morgan fingerprint density at radius 2 is 1.75 bits per heavy atom. The van der Waals surface area contributed by atoms with Crippen molar-refractivity contribution in [2.45, 2.75) is 12.8 Å². The summed E-state index contributed by atoms with van der Waals surface area (Å²) in [6, 6.07) is 16.0. The van der Waals surface area contributed by atoms with Crippen molar-refractivity contribution in [3.05, 3.63) is 76.4 Å². The van der Waals surface area contributed by atoms with E-state index < -0.39 is 0 Å². The van der Waals surface area contributed by atoms with E-state index in [1.807, 2.05) is 30.3 Å². The normalized spacial score (nSPS) is 14.8. The fraction of sp³-hybridized carbons (Fsp3) is 0.111. The molecule has 0 unspecified atom stereocenters. The smallest absolute Gasteiger partial charge is 0.150 e. The molecule has 0 saturated carbocycles. The molecule has 0 aliphatic heterocycles. The Kier molecular flexibility index (Phi) is 3.18. The number of hydrogen-bond acceptors (Lipinski definition) is 2. The number of aryl methyl sites for hydroxylation is 2. The maximum Gasteiger partial charge on any atom is 0.150 e. The van der Waals surface area contributed by atoms with E-state index in [1.165, 1.54) is 5.56 Å². The molecular weight excluding hydrogens is 246 g/mol. The van der Waals surface area contributed by atoms with Gasteiger partial charge in [0.25, 0.3) is 0 Å². The Hall–Kier alpha value is -2.66. The van der Waals surface area contributed by atoms with Crippen LogP contribution in [0.15, 0.2) is 48.5 Å². The zero-order valence-electron chi connectivity index (χ0n) is 11.0. The van der Waals surface area contributed by atoms with Crippen LogP contribution in [-0.4, -0.2) is 6.29 Å². The molecule has 2 nitrogen and oxygen atoms in total. The molecule has 0 fully saturated rings. The van der Waals surface area contributed by atoms with Crippen LogP contribution >= 0.6 is 0 Å². The highest BCUT2D eigenvalue weighted by Gasteiger charge is 2.17. The second kappa shape index (κ2) is 5.14. The van der Waals surface area contributed by atoms with Crippen molar-refractivity contribution in [3.8, 4) is 6.07 Å². The van der Waals surface area contributed by atoms with Gasteiger partial charge in [0.2, 0.25) is 0 Å². The first-order valence-corrected chi connectivity index (χ1v) is 6.60. The van der Waals surface area contributed by atoms with Crippen LogP contribution in [-0.2, 0) is 12.8 Å². The fourth-order valence-corrected chi connectivity index (χ4v) is 2.79. The minimum Gasteiger partial charge on any atom is -0.298 e. The van der Waals surface area contributed by atoms with E-state index in [2.05, 4.69) is 18.2 Å². The molecule has 3 rings (SSSR count). The van der Waals surface area contributed by atoms with Gasteiger partial charge in [0, 0.05) is 11.6 Å². The van der Waals surface area contributed by atoms with Gasteiger partial charge in [-0.25, -0.2) is 0 Å². The average molecular weight is 259 g/mol. The van der Waals surface area contributed by atoms with Crippen LogP contribution in [0.2, 0.25) is 0 Å². The van der Waals surface area contributed by atoms with E-state index in [1.54, 1.807) is 6.08 Å². The van der Waals surface area contributed by atoms with Crippen LogP contribution in [0.25, 0.3) is 5.57 Å². The standard InChI is InChI=1S/C18H13NO/c19-10-9-18-16-4-2-1-3-14(16)6-7-15-11-13(12-20)5-8-17(15)18/h1-5,8-9,11-12H,6-7H2. The highest BCUT2D eigenvalue weighted by molar-refractivity contribution is 5.86. The first kappa shape index (κ1) is 12.4. The average Bonchev–Trinajstić information content (AvgIpc) is 2.65. The van der Waals surface area contributed by atoms with Gasteiger partial charge in [-0.3, -0.25) is 4.79 Å². The van der Waals surface area contributed by atoms with Crippen molar-refractivity contribution in [1.29, 1.82) is 5.26 Å². The van der Waals surface area contributed by atoms with Crippen molar-refractivity contribution < 1.29 is 4.79 Å². The predicted octanol–water partition coefficient (Wildman–Crippen LogP) is 3.55. The molecular formula is C18H13NO. The number of carbonyl (C=O) groups excluding carboxylic acids is 1. The Morgan fingerprint density at radius 3 is 2.55 bits per heavy atom. The van der Waals surface area contributed by atoms with E-state index in [-0.39, 0.29) is 0 Å². The van der Waals surface area contributed by atoms with E-state index in [0.717, 1.165) is 41.4 Å². The lowest BCUT2D eigenvalue weighted by Gasteiger charge is -2.10. The lowest BCUT2D eigenvalue weighted by atomic mass is 9.93. The van der Waals surface area contributed by atoms with Crippen molar-refractivity contribution >= 4 is 11.9 Å². The maximum absolute atomic E-state index is 10.9. The second-order valence-corrected chi connectivity index (χ2v) is 4.88. The zero-order valence-corrected chi connectivity index (χ0v) is 11.0. The van der Waals surface area contributed by atoms with Crippen LogP contribution in [0.3, 0.4) is 0 Å². The van der Waals surface area contributed by atoms with Gasteiger partial charge in [0.1, 0.15) is 6.29 Å². The molecule has 0 N–H and O–H groups in total. The summed E-state index contributed by atoms with van der Waals surface area (Å²) in [6.07, 6.45) is 4.28. The Labute approximate surface area is 118 Å². The molecule has 1 aliphatic rings. The molecule has 1 aliphatic carbocycles. The van der Waals surface area contributed by atoms with Crippen LogP contribution in [0.5, 0.6) is 0 Å². The van der Waals surface area contributed by atoms with Gasteiger partial charge in [-0.2, -0.15) is 5.26 Å². The minimum absolute atomic E-state index is 0.686. The third kappa shape index (κ3) is 2.04.